The van der Waals surface area contributed by atoms with Crippen molar-refractivity contribution in [1.82, 2.24) is 0 Å². The maximum Gasteiger partial charge on any atom is -1.00 e. The largest absolute Gasteiger partial charge is 1.00 e. The van der Waals surface area contributed by atoms with Gasteiger partial charge in [0.2, 0.25) is 0 Å². The zero-order valence-corrected chi connectivity index (χ0v) is 27.8. The predicted molar refractivity (Wildman–Crippen MR) is 142 cm³/mol. The third kappa shape index (κ3) is 5.13. The van der Waals surface area contributed by atoms with Gasteiger partial charge in [0.1, 0.15) is 0 Å². The Morgan fingerprint density at radius 3 is 1.67 bits per heavy atom. The number of rotatable bonds is 4. The number of allylic oxidation sites excluding steroid dienone is 4. The second kappa shape index (κ2) is 10.2. The van der Waals surface area contributed by atoms with Crippen molar-refractivity contribution in [2.24, 2.45) is 0 Å². The van der Waals surface area contributed by atoms with E-state index in [4.69, 9.17) is 0 Å². The van der Waals surface area contributed by atoms with E-state index in [0.717, 1.165) is 3.63 Å². The van der Waals surface area contributed by atoms with Gasteiger partial charge in [-0.05, 0) is 0 Å². The number of halogens is 2. The minimum atomic E-state index is -1.79. The first-order valence-electron chi connectivity index (χ1n) is 12.0. The Morgan fingerprint density at radius 1 is 0.788 bits per heavy atom. The normalized spacial score (nSPS) is 16.6. The smallest absolute Gasteiger partial charge is 1.00 e. The average Bonchev–Trinajstić information content (AvgIpc) is 3.29. The molecule has 1 heterocycles. The summed E-state index contributed by atoms with van der Waals surface area (Å²) in [5, 5.41) is 3.31. The molecule has 2 aromatic carbocycles. The molecule has 174 valence electrons. The first kappa shape index (κ1) is 27.6. The third-order valence-corrected chi connectivity index (χ3v) is 32.7. The van der Waals surface area contributed by atoms with Gasteiger partial charge in [0, 0.05) is 0 Å². The van der Waals surface area contributed by atoms with Crippen LogP contribution >= 0.6 is 0 Å². The maximum atomic E-state index is 2.70. The Bertz CT molecular complexity index is 1100. The topological polar surface area (TPSA) is 0 Å². The SMILES string of the molecule is C[Si](C)(C)c1ccc2c(c1)[CH]([Zr+2]([C]1=CC=CC1)=[Si]1CCC1)c1cc([Si](C)(C)C)ccc1-2.[Cl-].[Cl-]. The Labute approximate surface area is 223 Å². The van der Waals surface area contributed by atoms with Crippen molar-refractivity contribution in [3.05, 3.63) is 69.0 Å². The van der Waals surface area contributed by atoms with Crippen LogP contribution in [0, 0.1) is 0 Å². The second-order valence-electron chi connectivity index (χ2n) is 11.7. The van der Waals surface area contributed by atoms with Crippen molar-refractivity contribution in [2.75, 3.05) is 0 Å². The second-order valence-corrected chi connectivity index (χ2v) is 37.5. The zero-order valence-electron chi connectivity index (χ0n) is 20.9. The summed E-state index contributed by atoms with van der Waals surface area (Å²) in [6.07, 6.45) is 10.1. The van der Waals surface area contributed by atoms with E-state index in [2.05, 4.69) is 93.9 Å². The molecule has 0 unspecified atom stereocenters. The van der Waals surface area contributed by atoms with Crippen molar-refractivity contribution in [1.29, 1.82) is 0 Å². The number of hydrogen-bond acceptors (Lipinski definition) is 0. The molecular formula is C27H36Cl2Si3Zr. The van der Waals surface area contributed by atoms with Crippen molar-refractivity contribution < 1.29 is 45.2 Å². The van der Waals surface area contributed by atoms with Crippen LogP contribution in [0.3, 0.4) is 0 Å². The van der Waals surface area contributed by atoms with Crippen LogP contribution in [0.25, 0.3) is 11.1 Å². The molecule has 6 heteroatoms. The molecule has 5 rings (SSSR count). The average molecular weight is 607 g/mol. The molecule has 0 atom stereocenters. The summed E-state index contributed by atoms with van der Waals surface area (Å²) >= 11 is -1.79. The van der Waals surface area contributed by atoms with Gasteiger partial charge in [-0.2, -0.15) is 0 Å². The van der Waals surface area contributed by atoms with E-state index in [9.17, 15) is 0 Å². The zero-order chi connectivity index (χ0) is 22.0. The molecule has 0 nitrogen and oxygen atoms in total. The minimum absolute atomic E-state index is 0. The van der Waals surface area contributed by atoms with E-state index in [1.807, 2.05) is 3.28 Å². The number of hydrogen-bond donors (Lipinski definition) is 0. The van der Waals surface area contributed by atoms with Crippen molar-refractivity contribution in [2.45, 2.75) is 67.8 Å². The third-order valence-electron chi connectivity index (χ3n) is 7.49. The summed E-state index contributed by atoms with van der Waals surface area (Å²) in [6.45, 7) is 15.1. The molecule has 0 spiro atoms. The summed E-state index contributed by atoms with van der Waals surface area (Å²) in [4.78, 5) is 0. The summed E-state index contributed by atoms with van der Waals surface area (Å²) in [7, 11) is -2.66. The molecule has 2 aliphatic carbocycles. The van der Waals surface area contributed by atoms with Gasteiger partial charge in [-0.25, -0.2) is 0 Å². The number of benzene rings is 2. The molecule has 1 aliphatic heterocycles. The van der Waals surface area contributed by atoms with Gasteiger partial charge in [-0.15, -0.1) is 0 Å². The van der Waals surface area contributed by atoms with Crippen LogP contribution in [-0.2, 0) is 20.4 Å². The molecule has 0 aromatic heterocycles. The van der Waals surface area contributed by atoms with Crippen molar-refractivity contribution in [3.63, 3.8) is 0 Å². The maximum absolute atomic E-state index is 2.70. The van der Waals surface area contributed by atoms with Crippen LogP contribution in [-0.4, -0.2) is 21.6 Å². The predicted octanol–water partition coefficient (Wildman–Crippen LogP) is 0.712. The Hall–Kier alpha value is 0.0338. The monoisotopic (exact) mass is 604 g/mol. The molecule has 0 radical (unpaired) electrons. The van der Waals surface area contributed by atoms with Crippen LogP contribution in [0.2, 0.25) is 51.4 Å². The van der Waals surface area contributed by atoms with E-state index >= 15 is 0 Å². The van der Waals surface area contributed by atoms with E-state index in [-0.39, 0.29) is 30.2 Å². The standard InChI is InChI=1S/C19H25Si2.C5H5.C3H6Si.2ClH.Zr/c1-20(2,3)16-7-9-18-14(12-16)11-15-13-17(21(4,5)6)8-10-19(15)18;1-2-4-5-3-1;1-2-4-3-1;;;/h7-13H,1-6H3;1-3H,4H2;1-3H2;2*1H;/q;;;;;+2/p-2. The molecular weight excluding hydrogens is 571 g/mol. The van der Waals surface area contributed by atoms with Crippen molar-refractivity contribution >= 4 is 32.0 Å². The van der Waals surface area contributed by atoms with Crippen molar-refractivity contribution in [3.8, 4) is 11.1 Å². The van der Waals surface area contributed by atoms with Crippen LogP contribution in [0.5, 0.6) is 0 Å². The Morgan fingerprint density at radius 2 is 1.30 bits per heavy atom. The van der Waals surface area contributed by atoms with Gasteiger partial charge in [0.25, 0.3) is 0 Å². The molecule has 0 bridgehead atoms. The van der Waals surface area contributed by atoms with E-state index in [1.54, 1.807) is 44.7 Å². The van der Waals surface area contributed by atoms with Crippen LogP contribution < -0.4 is 35.2 Å². The summed E-state index contributed by atoms with van der Waals surface area (Å²) < 4.78 is 2.71. The van der Waals surface area contributed by atoms with Crippen LogP contribution in [0.4, 0.5) is 0 Å². The van der Waals surface area contributed by atoms with E-state index in [1.165, 1.54) is 12.8 Å². The minimum Gasteiger partial charge on any atom is -1.00 e. The Kier molecular flexibility index (Phi) is 8.53. The van der Waals surface area contributed by atoms with Gasteiger partial charge in [0.15, 0.2) is 0 Å². The molecule has 0 amide bonds. The molecule has 33 heavy (non-hydrogen) atoms. The summed E-state index contributed by atoms with van der Waals surface area (Å²) in [6, 6.07) is 18.6. The van der Waals surface area contributed by atoms with Gasteiger partial charge in [-0.3, -0.25) is 0 Å². The van der Waals surface area contributed by atoms with Gasteiger partial charge in [-0.1, -0.05) is 0 Å². The fourth-order valence-electron chi connectivity index (χ4n) is 5.39. The van der Waals surface area contributed by atoms with Gasteiger partial charge >= 0.3 is 200 Å². The molecule has 0 saturated carbocycles. The van der Waals surface area contributed by atoms with Crippen LogP contribution in [0.1, 0.15) is 27.6 Å². The summed E-state index contributed by atoms with van der Waals surface area (Å²) in [5.41, 5.74) is 6.53. The fraction of sp³-hybridized carbons (Fsp3) is 0.407. The van der Waals surface area contributed by atoms with Crippen LogP contribution in [0.15, 0.2) is 57.9 Å². The van der Waals surface area contributed by atoms with E-state index in [0.29, 0.717) is 0 Å². The quantitative estimate of drug-likeness (QED) is 0.450. The summed E-state index contributed by atoms with van der Waals surface area (Å²) in [5.74, 6) is 0. The molecule has 2 aromatic rings. The Balaban J connectivity index is 0.00000153. The number of fused-ring (bicyclic) bond motifs is 3. The first-order chi connectivity index (χ1) is 14.6. The fourth-order valence-corrected chi connectivity index (χ4v) is 30.8. The van der Waals surface area contributed by atoms with E-state index < -0.39 is 36.5 Å². The molecule has 3 aliphatic rings. The molecule has 0 N–H and O–H groups in total. The molecule has 1 saturated heterocycles. The first-order valence-corrected chi connectivity index (χ1v) is 27.3. The molecule has 1 fully saturated rings. The van der Waals surface area contributed by atoms with Gasteiger partial charge < -0.3 is 24.8 Å². The van der Waals surface area contributed by atoms with Gasteiger partial charge in [0.05, 0.1) is 0 Å².